The molecule has 0 aromatic heterocycles. The first kappa shape index (κ1) is 13.5. The van der Waals surface area contributed by atoms with Crippen molar-refractivity contribution in [3.63, 3.8) is 0 Å². The van der Waals surface area contributed by atoms with Crippen molar-refractivity contribution in [1.29, 1.82) is 0 Å². The van der Waals surface area contributed by atoms with Crippen LogP contribution in [0.1, 0.15) is 5.56 Å². The van der Waals surface area contributed by atoms with E-state index >= 15 is 0 Å². The Kier molecular flexibility index (Phi) is 4.35. The molecule has 0 aliphatic heterocycles. The number of hydrogen-bond donors (Lipinski definition) is 1. The van der Waals surface area contributed by atoms with Crippen LogP contribution in [0, 0.1) is 0 Å². The highest BCUT2D eigenvalue weighted by Crippen LogP contribution is 2.33. The van der Waals surface area contributed by atoms with E-state index in [4.69, 9.17) is 9.84 Å². The maximum atomic E-state index is 11.6. The molecule has 0 aliphatic rings. The lowest BCUT2D eigenvalue weighted by atomic mass is 10.1. The molecule has 0 unspecified atom stereocenters. The summed E-state index contributed by atoms with van der Waals surface area (Å²) in [7, 11) is -1.93. The molecule has 0 bridgehead atoms. The van der Waals surface area contributed by atoms with E-state index in [0.29, 0.717) is 16.6 Å². The van der Waals surface area contributed by atoms with E-state index in [1.165, 1.54) is 13.2 Å². The highest BCUT2D eigenvalue weighted by atomic mass is 79.9. The number of ether oxygens (including phenoxy) is 1. The second-order valence-electron chi connectivity index (χ2n) is 3.35. The Bertz CT molecular complexity index is 482. The molecule has 0 radical (unpaired) electrons. The number of sulfone groups is 1. The lowest BCUT2D eigenvalue weighted by Crippen LogP contribution is -2.03. The quantitative estimate of drug-likeness (QED) is 0.913. The molecule has 4 nitrogen and oxygen atoms in total. The van der Waals surface area contributed by atoms with Gasteiger partial charge < -0.3 is 9.84 Å². The van der Waals surface area contributed by atoms with E-state index < -0.39 is 9.84 Å². The first-order valence-electron chi connectivity index (χ1n) is 4.57. The minimum Gasteiger partial charge on any atom is -0.494 e. The normalized spacial score (nSPS) is 11.5. The van der Waals surface area contributed by atoms with Gasteiger partial charge in [0.2, 0.25) is 0 Å². The third-order valence-corrected chi connectivity index (χ3v) is 3.76. The highest BCUT2D eigenvalue weighted by molar-refractivity contribution is 9.10. The molecular weight excluding hydrogens is 296 g/mol. The molecule has 0 saturated carbocycles. The van der Waals surface area contributed by atoms with E-state index in [1.807, 2.05) is 0 Å². The van der Waals surface area contributed by atoms with Crippen LogP contribution in [0.4, 0.5) is 0 Å². The first-order valence-corrected chi connectivity index (χ1v) is 7.26. The van der Waals surface area contributed by atoms with Crippen LogP contribution in [0.5, 0.6) is 5.75 Å². The Morgan fingerprint density at radius 2 is 2.06 bits per heavy atom. The Morgan fingerprint density at radius 1 is 1.44 bits per heavy atom. The second-order valence-corrected chi connectivity index (χ2v) is 6.19. The molecule has 1 aromatic carbocycles. The molecule has 0 amide bonds. The van der Waals surface area contributed by atoms with Crippen LogP contribution in [0.25, 0.3) is 0 Å². The van der Waals surface area contributed by atoms with E-state index in [9.17, 15) is 8.42 Å². The standard InChI is InChI=1S/C10H13BrO4S/c1-15-10-8(11)5-7(3-4-12)6-9(10)16(2,13)14/h5-6,12H,3-4H2,1-2H3. The van der Waals surface area contributed by atoms with Gasteiger partial charge in [0.15, 0.2) is 15.6 Å². The zero-order valence-electron chi connectivity index (χ0n) is 9.03. The molecule has 0 aliphatic carbocycles. The van der Waals surface area contributed by atoms with Gasteiger partial charge in [-0.25, -0.2) is 8.42 Å². The number of methoxy groups -OCH3 is 1. The zero-order chi connectivity index (χ0) is 12.3. The number of benzene rings is 1. The average Bonchev–Trinajstić information content (AvgIpc) is 2.16. The molecular formula is C10H13BrO4S. The van der Waals surface area contributed by atoms with Crippen molar-refractivity contribution in [2.24, 2.45) is 0 Å². The number of hydrogen-bond acceptors (Lipinski definition) is 4. The monoisotopic (exact) mass is 308 g/mol. The van der Waals surface area contributed by atoms with Crippen LogP contribution in [0.2, 0.25) is 0 Å². The second kappa shape index (κ2) is 5.16. The van der Waals surface area contributed by atoms with Crippen molar-refractivity contribution < 1.29 is 18.3 Å². The predicted octanol–water partition coefficient (Wildman–Crippen LogP) is 1.40. The fourth-order valence-electron chi connectivity index (χ4n) is 1.37. The fraction of sp³-hybridized carbons (Fsp3) is 0.400. The van der Waals surface area contributed by atoms with Crippen LogP contribution < -0.4 is 4.74 Å². The summed E-state index contributed by atoms with van der Waals surface area (Å²) in [5.74, 6) is 0.296. The van der Waals surface area contributed by atoms with Gasteiger partial charge in [0.25, 0.3) is 0 Å². The van der Waals surface area contributed by atoms with Gasteiger partial charge >= 0.3 is 0 Å². The molecule has 16 heavy (non-hydrogen) atoms. The summed E-state index contributed by atoms with van der Waals surface area (Å²) in [5.41, 5.74) is 0.746. The van der Waals surface area contributed by atoms with Crippen molar-refractivity contribution in [2.75, 3.05) is 20.0 Å². The fourth-order valence-corrected chi connectivity index (χ4v) is 3.06. The number of aliphatic hydroxyl groups is 1. The molecule has 1 N–H and O–H groups in total. The lowest BCUT2D eigenvalue weighted by molar-refractivity contribution is 0.299. The van der Waals surface area contributed by atoms with Crippen LogP contribution in [0.3, 0.4) is 0 Å². The largest absolute Gasteiger partial charge is 0.494 e. The zero-order valence-corrected chi connectivity index (χ0v) is 11.4. The summed E-state index contributed by atoms with van der Waals surface area (Å²) in [6.07, 6.45) is 1.53. The van der Waals surface area contributed by atoms with Gasteiger partial charge in [-0.1, -0.05) is 0 Å². The molecule has 0 heterocycles. The molecule has 1 rings (SSSR count). The summed E-state index contributed by atoms with van der Waals surface area (Å²) < 4.78 is 28.7. The number of rotatable bonds is 4. The van der Waals surface area contributed by atoms with Crippen LogP contribution >= 0.6 is 15.9 Å². The van der Waals surface area contributed by atoms with Gasteiger partial charge in [-0.2, -0.15) is 0 Å². The SMILES string of the molecule is COc1c(Br)cc(CCO)cc1S(C)(=O)=O. The minimum absolute atomic E-state index is 0.0258. The highest BCUT2D eigenvalue weighted by Gasteiger charge is 2.18. The molecule has 90 valence electrons. The summed E-state index contributed by atoms with van der Waals surface area (Å²) in [6.45, 7) is -0.0258. The maximum Gasteiger partial charge on any atom is 0.179 e. The number of halogens is 1. The van der Waals surface area contributed by atoms with Gasteiger partial charge in [-0.15, -0.1) is 0 Å². The summed E-state index contributed by atoms with van der Waals surface area (Å²) in [5, 5.41) is 8.83. The van der Waals surface area contributed by atoms with Gasteiger partial charge in [-0.3, -0.25) is 0 Å². The van der Waals surface area contributed by atoms with Crippen LogP contribution in [-0.2, 0) is 16.3 Å². The molecule has 6 heteroatoms. The Hall–Kier alpha value is -0.590. The average molecular weight is 309 g/mol. The van der Waals surface area contributed by atoms with Crippen LogP contribution in [0.15, 0.2) is 21.5 Å². The van der Waals surface area contributed by atoms with Crippen molar-refractivity contribution in [2.45, 2.75) is 11.3 Å². The Morgan fingerprint density at radius 3 is 2.50 bits per heavy atom. The smallest absolute Gasteiger partial charge is 0.179 e. The van der Waals surface area contributed by atoms with Gasteiger partial charge in [0.1, 0.15) is 4.90 Å². The summed E-state index contributed by atoms with van der Waals surface area (Å²) >= 11 is 3.25. The van der Waals surface area contributed by atoms with E-state index in [0.717, 1.165) is 11.8 Å². The Balaban J connectivity index is 3.43. The molecule has 0 fully saturated rings. The lowest BCUT2D eigenvalue weighted by Gasteiger charge is -2.11. The maximum absolute atomic E-state index is 11.6. The van der Waals surface area contributed by atoms with Gasteiger partial charge in [-0.05, 0) is 40.0 Å². The Labute approximate surface area is 103 Å². The minimum atomic E-state index is -3.35. The predicted molar refractivity (Wildman–Crippen MR) is 64.6 cm³/mol. The first-order chi connectivity index (χ1) is 7.40. The van der Waals surface area contributed by atoms with Gasteiger partial charge in [0, 0.05) is 12.9 Å². The number of aliphatic hydroxyl groups excluding tert-OH is 1. The molecule has 0 saturated heterocycles. The van der Waals surface area contributed by atoms with Crippen molar-refractivity contribution in [1.82, 2.24) is 0 Å². The molecule has 1 aromatic rings. The molecule has 0 atom stereocenters. The third kappa shape index (κ3) is 2.96. The summed E-state index contributed by atoms with van der Waals surface area (Å²) in [4.78, 5) is 0.132. The topological polar surface area (TPSA) is 63.6 Å². The van der Waals surface area contributed by atoms with E-state index in [1.54, 1.807) is 6.07 Å². The van der Waals surface area contributed by atoms with E-state index in [2.05, 4.69) is 15.9 Å². The van der Waals surface area contributed by atoms with Crippen molar-refractivity contribution in [3.05, 3.63) is 22.2 Å². The third-order valence-electron chi connectivity index (χ3n) is 2.07. The van der Waals surface area contributed by atoms with Crippen molar-refractivity contribution in [3.8, 4) is 5.75 Å². The summed E-state index contributed by atoms with van der Waals surface area (Å²) in [6, 6.07) is 3.26. The van der Waals surface area contributed by atoms with Crippen LogP contribution in [-0.4, -0.2) is 33.5 Å². The van der Waals surface area contributed by atoms with Gasteiger partial charge in [0.05, 0.1) is 11.6 Å². The molecule has 0 spiro atoms. The van der Waals surface area contributed by atoms with Crippen molar-refractivity contribution >= 4 is 25.8 Å². The van der Waals surface area contributed by atoms with E-state index in [-0.39, 0.29) is 11.5 Å².